The first-order valence-electron chi connectivity index (χ1n) is 7.96. The summed E-state index contributed by atoms with van der Waals surface area (Å²) in [5.41, 5.74) is 7.47. The molecule has 0 bridgehead atoms. The van der Waals surface area contributed by atoms with Crippen LogP contribution in [0.25, 0.3) is 0 Å². The highest BCUT2D eigenvalue weighted by Crippen LogP contribution is 2.22. The van der Waals surface area contributed by atoms with Gasteiger partial charge in [0.2, 0.25) is 0 Å². The van der Waals surface area contributed by atoms with Gasteiger partial charge in [0.15, 0.2) is 0 Å². The van der Waals surface area contributed by atoms with Crippen molar-refractivity contribution < 1.29 is 0 Å². The fourth-order valence-electron chi connectivity index (χ4n) is 3.16. The maximum atomic E-state index is 6.04. The third-order valence-electron chi connectivity index (χ3n) is 4.64. The predicted molar refractivity (Wildman–Crippen MR) is 86.0 cm³/mol. The summed E-state index contributed by atoms with van der Waals surface area (Å²) in [5.74, 6) is 0.578. The smallest absolute Gasteiger partial charge is 0.0225 e. The van der Waals surface area contributed by atoms with Gasteiger partial charge in [-0.15, -0.1) is 0 Å². The summed E-state index contributed by atoms with van der Waals surface area (Å²) in [4.78, 5) is 5.11. The molecule has 0 aliphatic carbocycles. The summed E-state index contributed by atoms with van der Waals surface area (Å²) >= 11 is 0. The highest BCUT2D eigenvalue weighted by atomic mass is 15.3. The first kappa shape index (κ1) is 15.5. The number of piperazine rings is 1. The number of nitrogens with zero attached hydrogens (tertiary/aromatic N) is 2. The van der Waals surface area contributed by atoms with E-state index in [0.717, 1.165) is 26.1 Å². The normalized spacial score (nSPS) is 20.8. The molecule has 1 heterocycles. The minimum Gasteiger partial charge on any atom is -0.329 e. The van der Waals surface area contributed by atoms with E-state index in [0.29, 0.717) is 12.0 Å². The Morgan fingerprint density at radius 1 is 1.10 bits per heavy atom. The molecule has 2 N–H and O–H groups in total. The average molecular weight is 275 g/mol. The van der Waals surface area contributed by atoms with Crippen LogP contribution in [-0.2, 0) is 0 Å². The lowest BCUT2D eigenvalue weighted by molar-refractivity contribution is 0.0956. The molecule has 0 spiro atoms. The Labute approximate surface area is 123 Å². The van der Waals surface area contributed by atoms with Gasteiger partial charge in [-0.1, -0.05) is 44.2 Å². The van der Waals surface area contributed by atoms with E-state index in [-0.39, 0.29) is 0 Å². The van der Waals surface area contributed by atoms with Crippen LogP contribution in [0.4, 0.5) is 0 Å². The molecular weight excluding hydrogens is 246 g/mol. The molecule has 0 aromatic heterocycles. The second-order valence-corrected chi connectivity index (χ2v) is 5.91. The van der Waals surface area contributed by atoms with Crippen molar-refractivity contribution in [3.63, 3.8) is 0 Å². The molecular formula is C17H29N3. The van der Waals surface area contributed by atoms with Crippen molar-refractivity contribution >= 4 is 0 Å². The van der Waals surface area contributed by atoms with Gasteiger partial charge in [0.1, 0.15) is 0 Å². The first-order chi connectivity index (χ1) is 9.74. The Morgan fingerprint density at radius 3 is 2.30 bits per heavy atom. The van der Waals surface area contributed by atoms with Crippen LogP contribution in [0.5, 0.6) is 0 Å². The summed E-state index contributed by atoms with van der Waals surface area (Å²) in [5, 5.41) is 0. The maximum Gasteiger partial charge on any atom is 0.0225 e. The maximum absolute atomic E-state index is 6.04. The molecule has 2 rings (SSSR count). The Morgan fingerprint density at radius 2 is 1.75 bits per heavy atom. The number of benzene rings is 1. The van der Waals surface area contributed by atoms with Gasteiger partial charge in [-0.2, -0.15) is 0 Å². The number of likely N-dealkylation sites (N-methyl/N-ethyl adjacent to an activating group) is 1. The van der Waals surface area contributed by atoms with E-state index in [2.05, 4.69) is 54.0 Å². The summed E-state index contributed by atoms with van der Waals surface area (Å²) in [6.45, 7) is 11.2. The Bertz CT molecular complexity index is 371. The molecule has 112 valence electrons. The number of hydrogen-bond acceptors (Lipinski definition) is 3. The van der Waals surface area contributed by atoms with Crippen molar-refractivity contribution in [1.29, 1.82) is 0 Å². The van der Waals surface area contributed by atoms with E-state index in [1.807, 2.05) is 0 Å². The van der Waals surface area contributed by atoms with Crippen molar-refractivity contribution in [3.05, 3.63) is 35.9 Å². The zero-order chi connectivity index (χ0) is 14.4. The minimum atomic E-state index is 0.518. The largest absolute Gasteiger partial charge is 0.329 e. The molecule has 20 heavy (non-hydrogen) atoms. The summed E-state index contributed by atoms with van der Waals surface area (Å²) in [6, 6.07) is 11.3. The lowest BCUT2D eigenvalue weighted by Gasteiger charge is -2.39. The van der Waals surface area contributed by atoms with Gasteiger partial charge < -0.3 is 10.6 Å². The molecule has 1 aromatic carbocycles. The second kappa shape index (κ2) is 7.77. The third kappa shape index (κ3) is 4.05. The fourth-order valence-corrected chi connectivity index (χ4v) is 3.16. The number of nitrogens with two attached hydrogens (primary N) is 1. The van der Waals surface area contributed by atoms with E-state index < -0.39 is 0 Å². The zero-order valence-electron chi connectivity index (χ0n) is 13.0. The molecule has 1 saturated heterocycles. The van der Waals surface area contributed by atoms with Crippen LogP contribution in [-0.4, -0.2) is 55.1 Å². The van der Waals surface area contributed by atoms with Gasteiger partial charge in [0.05, 0.1) is 0 Å². The van der Waals surface area contributed by atoms with Gasteiger partial charge in [-0.25, -0.2) is 0 Å². The molecule has 2 unspecified atom stereocenters. The van der Waals surface area contributed by atoms with Crippen LogP contribution >= 0.6 is 0 Å². The lowest BCUT2D eigenvalue weighted by atomic mass is 9.93. The van der Waals surface area contributed by atoms with E-state index in [1.54, 1.807) is 0 Å². The number of hydrogen-bond donors (Lipinski definition) is 1. The van der Waals surface area contributed by atoms with Crippen LogP contribution < -0.4 is 5.73 Å². The second-order valence-electron chi connectivity index (χ2n) is 5.91. The van der Waals surface area contributed by atoms with E-state index >= 15 is 0 Å². The zero-order valence-corrected chi connectivity index (χ0v) is 13.0. The van der Waals surface area contributed by atoms with Gasteiger partial charge >= 0.3 is 0 Å². The Balaban J connectivity index is 1.89. The summed E-state index contributed by atoms with van der Waals surface area (Å²) in [7, 11) is 0. The van der Waals surface area contributed by atoms with Crippen LogP contribution in [0.15, 0.2) is 30.3 Å². The SMILES string of the molecule is CCN1CCN(C(CN)CC(C)c2ccccc2)CC1. The van der Waals surface area contributed by atoms with Crippen LogP contribution in [0.3, 0.4) is 0 Å². The molecule has 2 atom stereocenters. The lowest BCUT2D eigenvalue weighted by Crippen LogP contribution is -2.52. The molecule has 1 aliphatic heterocycles. The molecule has 1 fully saturated rings. The van der Waals surface area contributed by atoms with Gasteiger partial charge in [-0.05, 0) is 24.4 Å². The van der Waals surface area contributed by atoms with Gasteiger partial charge in [0.25, 0.3) is 0 Å². The number of rotatable bonds is 6. The monoisotopic (exact) mass is 275 g/mol. The minimum absolute atomic E-state index is 0.518. The Kier molecular flexibility index (Phi) is 6.02. The van der Waals surface area contributed by atoms with E-state index in [9.17, 15) is 0 Å². The van der Waals surface area contributed by atoms with Crippen molar-refractivity contribution in [2.24, 2.45) is 5.73 Å². The highest BCUT2D eigenvalue weighted by Gasteiger charge is 2.24. The van der Waals surface area contributed by atoms with Gasteiger partial charge in [-0.3, -0.25) is 4.90 Å². The van der Waals surface area contributed by atoms with Crippen molar-refractivity contribution in [3.8, 4) is 0 Å². The predicted octanol–water partition coefficient (Wildman–Crippen LogP) is 2.14. The van der Waals surface area contributed by atoms with Crippen molar-refractivity contribution in [2.45, 2.75) is 32.2 Å². The Hall–Kier alpha value is -0.900. The highest BCUT2D eigenvalue weighted by molar-refractivity contribution is 5.19. The van der Waals surface area contributed by atoms with E-state index in [1.165, 1.54) is 25.2 Å². The summed E-state index contributed by atoms with van der Waals surface area (Å²) in [6.07, 6.45) is 1.16. The molecule has 0 amide bonds. The molecule has 3 nitrogen and oxygen atoms in total. The quantitative estimate of drug-likeness (QED) is 0.863. The topological polar surface area (TPSA) is 32.5 Å². The summed E-state index contributed by atoms with van der Waals surface area (Å²) < 4.78 is 0. The van der Waals surface area contributed by atoms with Crippen LogP contribution in [0, 0.1) is 0 Å². The van der Waals surface area contributed by atoms with Crippen LogP contribution in [0.2, 0.25) is 0 Å². The average Bonchev–Trinajstić information content (AvgIpc) is 2.53. The third-order valence-corrected chi connectivity index (χ3v) is 4.64. The van der Waals surface area contributed by atoms with E-state index in [4.69, 9.17) is 5.73 Å². The fraction of sp³-hybridized carbons (Fsp3) is 0.647. The first-order valence-corrected chi connectivity index (χ1v) is 7.96. The van der Waals surface area contributed by atoms with Crippen molar-refractivity contribution in [1.82, 2.24) is 9.80 Å². The molecule has 3 heteroatoms. The molecule has 0 radical (unpaired) electrons. The molecule has 0 saturated carbocycles. The molecule has 1 aliphatic rings. The molecule has 1 aromatic rings. The standard InChI is InChI=1S/C17H29N3/c1-3-19-9-11-20(12-10-19)17(14-18)13-15(2)16-7-5-4-6-8-16/h4-8,15,17H,3,9-14,18H2,1-2H3. The van der Waals surface area contributed by atoms with Gasteiger partial charge in [0, 0.05) is 38.8 Å². The van der Waals surface area contributed by atoms with Crippen LogP contribution in [0.1, 0.15) is 31.7 Å². The van der Waals surface area contributed by atoms with Crippen molar-refractivity contribution in [2.75, 3.05) is 39.3 Å².